The minimum atomic E-state index is -0.835. The minimum absolute atomic E-state index is 0.0248. The van der Waals surface area contributed by atoms with Gasteiger partial charge in [0.2, 0.25) is 0 Å². The maximum absolute atomic E-state index is 10.7. The van der Waals surface area contributed by atoms with Gasteiger partial charge in [-0.25, -0.2) is 0 Å². The normalized spacial score (nSPS) is 10.6. The van der Waals surface area contributed by atoms with Crippen LogP contribution in [0.5, 0.6) is 0 Å². The Hall–Kier alpha value is -2.59. The molecular weight excluding hydrogens is 300 g/mol. The van der Waals surface area contributed by atoms with E-state index >= 15 is 0 Å². The van der Waals surface area contributed by atoms with Crippen molar-refractivity contribution in [2.45, 2.75) is 6.42 Å². The number of aromatic nitrogens is 1. The number of carboxylic acids is 1. The quantitative estimate of drug-likeness (QED) is 0.755. The number of halogens is 1. The molecule has 0 bridgehead atoms. The molecule has 0 saturated carbocycles. The number of rotatable bonds is 4. The molecule has 4 nitrogen and oxygen atoms in total. The van der Waals surface area contributed by atoms with Crippen LogP contribution in [0.4, 0.5) is 11.4 Å². The fourth-order valence-electron chi connectivity index (χ4n) is 2.27. The molecule has 3 aromatic rings. The Morgan fingerprint density at radius 1 is 1.14 bits per heavy atom. The molecule has 0 aliphatic carbocycles. The Labute approximate surface area is 132 Å². The van der Waals surface area contributed by atoms with Crippen molar-refractivity contribution < 1.29 is 9.90 Å². The number of carbonyl (C=O) groups is 1. The molecule has 0 unspecified atom stereocenters. The van der Waals surface area contributed by atoms with Crippen LogP contribution in [0.3, 0.4) is 0 Å². The zero-order valence-corrected chi connectivity index (χ0v) is 12.3. The predicted octanol–water partition coefficient (Wildman–Crippen LogP) is 4.26. The number of pyridine rings is 1. The fourth-order valence-corrected chi connectivity index (χ4v) is 2.43. The van der Waals surface area contributed by atoms with Crippen LogP contribution in [0, 0.1) is 0 Å². The standard InChI is InChI=1S/C17H13ClN2O2/c18-12-3-6-14-15(7-8-19-16(14)10-12)20-13-4-1-11(2-5-13)9-17(21)22/h1-8,10H,9H2,(H,19,20)(H,21,22). The molecular formula is C17H13ClN2O2. The Morgan fingerprint density at radius 2 is 1.91 bits per heavy atom. The molecule has 0 saturated heterocycles. The monoisotopic (exact) mass is 312 g/mol. The summed E-state index contributed by atoms with van der Waals surface area (Å²) in [7, 11) is 0. The smallest absolute Gasteiger partial charge is 0.307 e. The Balaban J connectivity index is 1.88. The molecule has 0 radical (unpaired) electrons. The summed E-state index contributed by atoms with van der Waals surface area (Å²) in [6.45, 7) is 0. The summed E-state index contributed by atoms with van der Waals surface area (Å²) < 4.78 is 0. The van der Waals surface area contributed by atoms with Crippen molar-refractivity contribution in [1.82, 2.24) is 4.98 Å². The van der Waals surface area contributed by atoms with Gasteiger partial charge in [-0.05, 0) is 42.0 Å². The van der Waals surface area contributed by atoms with Crippen LogP contribution < -0.4 is 5.32 Å². The highest BCUT2D eigenvalue weighted by atomic mass is 35.5. The maximum Gasteiger partial charge on any atom is 0.307 e. The Morgan fingerprint density at radius 3 is 2.64 bits per heavy atom. The van der Waals surface area contributed by atoms with Crippen molar-refractivity contribution >= 4 is 39.8 Å². The summed E-state index contributed by atoms with van der Waals surface area (Å²) in [4.78, 5) is 15.0. The van der Waals surface area contributed by atoms with E-state index in [2.05, 4.69) is 10.3 Å². The second-order valence-corrected chi connectivity index (χ2v) is 5.35. The van der Waals surface area contributed by atoms with E-state index in [0.29, 0.717) is 5.02 Å². The lowest BCUT2D eigenvalue weighted by Crippen LogP contribution is -2.00. The molecule has 2 aromatic carbocycles. The summed E-state index contributed by atoms with van der Waals surface area (Å²) in [6.07, 6.45) is 1.75. The van der Waals surface area contributed by atoms with E-state index in [9.17, 15) is 4.79 Å². The van der Waals surface area contributed by atoms with Crippen molar-refractivity contribution in [1.29, 1.82) is 0 Å². The lowest BCUT2D eigenvalue weighted by Gasteiger charge is -2.10. The molecule has 3 rings (SSSR count). The number of fused-ring (bicyclic) bond motifs is 1. The first-order valence-corrected chi connectivity index (χ1v) is 7.11. The first-order chi connectivity index (χ1) is 10.6. The van der Waals surface area contributed by atoms with E-state index in [-0.39, 0.29) is 6.42 Å². The van der Waals surface area contributed by atoms with Gasteiger partial charge in [-0.3, -0.25) is 9.78 Å². The molecule has 22 heavy (non-hydrogen) atoms. The Kier molecular flexibility index (Phi) is 3.94. The van der Waals surface area contributed by atoms with E-state index in [4.69, 9.17) is 16.7 Å². The highest BCUT2D eigenvalue weighted by Gasteiger charge is 2.04. The van der Waals surface area contributed by atoms with Gasteiger partial charge in [0.1, 0.15) is 0 Å². The van der Waals surface area contributed by atoms with Crippen molar-refractivity contribution in [2.24, 2.45) is 0 Å². The van der Waals surface area contributed by atoms with E-state index in [1.165, 1.54) is 0 Å². The zero-order chi connectivity index (χ0) is 15.5. The predicted molar refractivity (Wildman–Crippen MR) is 87.8 cm³/mol. The zero-order valence-electron chi connectivity index (χ0n) is 11.6. The second-order valence-electron chi connectivity index (χ2n) is 4.91. The second kappa shape index (κ2) is 6.03. The SMILES string of the molecule is O=C(O)Cc1ccc(Nc2ccnc3cc(Cl)ccc23)cc1. The number of nitrogens with zero attached hydrogens (tertiary/aromatic N) is 1. The van der Waals surface area contributed by atoms with Crippen LogP contribution in [-0.2, 0) is 11.2 Å². The van der Waals surface area contributed by atoms with Gasteiger partial charge in [0.15, 0.2) is 0 Å². The minimum Gasteiger partial charge on any atom is -0.481 e. The number of hydrogen-bond acceptors (Lipinski definition) is 3. The van der Waals surface area contributed by atoms with E-state index in [0.717, 1.165) is 27.8 Å². The fraction of sp³-hybridized carbons (Fsp3) is 0.0588. The number of aliphatic carboxylic acids is 1. The highest BCUT2D eigenvalue weighted by molar-refractivity contribution is 6.31. The van der Waals surface area contributed by atoms with Crippen LogP contribution in [0.15, 0.2) is 54.7 Å². The third-order valence-electron chi connectivity index (χ3n) is 3.29. The Bertz CT molecular complexity index is 832. The van der Waals surface area contributed by atoms with Crippen molar-refractivity contribution in [3.05, 3.63) is 65.3 Å². The number of hydrogen-bond donors (Lipinski definition) is 2. The topological polar surface area (TPSA) is 62.2 Å². The highest BCUT2D eigenvalue weighted by Crippen LogP contribution is 2.27. The average Bonchev–Trinajstić information content (AvgIpc) is 2.48. The maximum atomic E-state index is 10.7. The molecule has 1 heterocycles. The molecule has 5 heteroatoms. The first kappa shape index (κ1) is 14.4. The summed E-state index contributed by atoms with van der Waals surface area (Å²) in [5.41, 5.74) is 3.40. The van der Waals surface area contributed by atoms with E-state index in [1.54, 1.807) is 18.3 Å². The third-order valence-corrected chi connectivity index (χ3v) is 3.53. The molecule has 2 N–H and O–H groups in total. The van der Waals surface area contributed by atoms with Crippen LogP contribution in [0.2, 0.25) is 5.02 Å². The first-order valence-electron chi connectivity index (χ1n) is 6.74. The van der Waals surface area contributed by atoms with Crippen molar-refractivity contribution in [3.8, 4) is 0 Å². The van der Waals surface area contributed by atoms with E-state index in [1.807, 2.05) is 36.4 Å². The van der Waals surface area contributed by atoms with Gasteiger partial charge in [-0.15, -0.1) is 0 Å². The van der Waals surface area contributed by atoms with Gasteiger partial charge in [0, 0.05) is 28.0 Å². The number of nitrogens with one attached hydrogen (secondary N) is 1. The van der Waals surface area contributed by atoms with Gasteiger partial charge >= 0.3 is 5.97 Å². The molecule has 0 spiro atoms. The lowest BCUT2D eigenvalue weighted by atomic mass is 10.1. The largest absolute Gasteiger partial charge is 0.481 e. The van der Waals surface area contributed by atoms with E-state index < -0.39 is 5.97 Å². The number of carboxylic acid groups (broad SMARTS) is 1. The molecule has 0 amide bonds. The lowest BCUT2D eigenvalue weighted by molar-refractivity contribution is -0.136. The summed E-state index contributed by atoms with van der Waals surface area (Å²) in [5.74, 6) is -0.835. The van der Waals surface area contributed by atoms with Crippen LogP contribution in [0.1, 0.15) is 5.56 Å². The van der Waals surface area contributed by atoms with Crippen molar-refractivity contribution in [2.75, 3.05) is 5.32 Å². The molecule has 0 fully saturated rings. The molecule has 0 atom stereocenters. The van der Waals surface area contributed by atoms with Gasteiger partial charge in [0.25, 0.3) is 0 Å². The molecule has 1 aromatic heterocycles. The van der Waals surface area contributed by atoms with Crippen LogP contribution in [-0.4, -0.2) is 16.1 Å². The van der Waals surface area contributed by atoms with Gasteiger partial charge < -0.3 is 10.4 Å². The van der Waals surface area contributed by atoms with Gasteiger partial charge in [0.05, 0.1) is 11.9 Å². The molecule has 0 aliphatic rings. The summed E-state index contributed by atoms with van der Waals surface area (Å²) >= 11 is 5.98. The average molecular weight is 313 g/mol. The third kappa shape index (κ3) is 3.18. The molecule has 110 valence electrons. The van der Waals surface area contributed by atoms with Gasteiger partial charge in [-0.1, -0.05) is 23.7 Å². The summed E-state index contributed by atoms with van der Waals surface area (Å²) in [6, 6.07) is 14.8. The van der Waals surface area contributed by atoms with Crippen molar-refractivity contribution in [3.63, 3.8) is 0 Å². The summed E-state index contributed by atoms with van der Waals surface area (Å²) in [5, 5.41) is 13.7. The number of anilines is 2. The van der Waals surface area contributed by atoms with Crippen LogP contribution in [0.25, 0.3) is 10.9 Å². The van der Waals surface area contributed by atoms with Crippen LogP contribution >= 0.6 is 11.6 Å². The molecule has 0 aliphatic heterocycles. The van der Waals surface area contributed by atoms with Gasteiger partial charge in [-0.2, -0.15) is 0 Å². The number of benzene rings is 2.